The zero-order valence-electron chi connectivity index (χ0n) is 12.4. The standard InChI is InChI=1S/C16H18FN3O2/c1-2-12-14(10-5-7-11(17)8-6-10)15(20-19-12)18-16(21)13-4-3-9-22-13/h5-8,13H,2-4,9H2,1H3,(H2,18,19,20,21)/t13-/m1/s1. The second kappa shape index (κ2) is 6.27. The number of benzene rings is 1. The molecule has 0 aliphatic carbocycles. The number of rotatable bonds is 4. The molecule has 1 saturated heterocycles. The van der Waals surface area contributed by atoms with Crippen LogP contribution in [0.15, 0.2) is 24.3 Å². The third kappa shape index (κ3) is 2.87. The summed E-state index contributed by atoms with van der Waals surface area (Å²) in [4.78, 5) is 12.2. The number of anilines is 1. The number of hydrogen-bond acceptors (Lipinski definition) is 3. The van der Waals surface area contributed by atoms with Crippen LogP contribution in [0.4, 0.5) is 10.2 Å². The highest BCUT2D eigenvalue weighted by molar-refractivity contribution is 5.97. The van der Waals surface area contributed by atoms with Crippen LogP contribution >= 0.6 is 0 Å². The number of hydrogen-bond donors (Lipinski definition) is 2. The summed E-state index contributed by atoms with van der Waals surface area (Å²) in [6.07, 6.45) is 1.94. The van der Waals surface area contributed by atoms with E-state index in [4.69, 9.17) is 4.74 Å². The minimum absolute atomic E-state index is 0.185. The van der Waals surface area contributed by atoms with E-state index in [1.807, 2.05) is 6.92 Å². The molecule has 0 unspecified atom stereocenters. The van der Waals surface area contributed by atoms with Gasteiger partial charge in [-0.3, -0.25) is 9.89 Å². The number of aryl methyl sites for hydroxylation is 1. The summed E-state index contributed by atoms with van der Waals surface area (Å²) >= 11 is 0. The number of H-pyrrole nitrogens is 1. The zero-order valence-corrected chi connectivity index (χ0v) is 12.4. The molecule has 3 rings (SSSR count). The lowest BCUT2D eigenvalue weighted by Gasteiger charge is -2.10. The van der Waals surface area contributed by atoms with Crippen LogP contribution in [0.2, 0.25) is 0 Å². The van der Waals surface area contributed by atoms with Gasteiger partial charge in [0.15, 0.2) is 5.82 Å². The lowest BCUT2D eigenvalue weighted by molar-refractivity contribution is -0.124. The van der Waals surface area contributed by atoms with E-state index in [0.717, 1.165) is 36.1 Å². The minimum atomic E-state index is -0.414. The predicted molar refractivity (Wildman–Crippen MR) is 81.0 cm³/mol. The highest BCUT2D eigenvalue weighted by Crippen LogP contribution is 2.30. The Morgan fingerprint density at radius 3 is 2.86 bits per heavy atom. The molecule has 0 spiro atoms. The first-order chi connectivity index (χ1) is 10.7. The van der Waals surface area contributed by atoms with Gasteiger partial charge in [0.1, 0.15) is 11.9 Å². The van der Waals surface area contributed by atoms with Gasteiger partial charge in [0.05, 0.1) is 0 Å². The van der Waals surface area contributed by atoms with E-state index >= 15 is 0 Å². The molecule has 2 aromatic rings. The molecule has 0 bridgehead atoms. The van der Waals surface area contributed by atoms with E-state index < -0.39 is 6.10 Å². The number of carbonyl (C=O) groups is 1. The third-order valence-corrected chi connectivity index (χ3v) is 3.79. The van der Waals surface area contributed by atoms with Crippen molar-refractivity contribution < 1.29 is 13.9 Å². The van der Waals surface area contributed by atoms with Crippen LogP contribution < -0.4 is 5.32 Å². The Kier molecular flexibility index (Phi) is 4.20. The van der Waals surface area contributed by atoms with Crippen LogP contribution in [-0.2, 0) is 16.0 Å². The SMILES string of the molecule is CCc1[nH]nc(NC(=O)[C@H]2CCCO2)c1-c1ccc(F)cc1. The molecule has 0 saturated carbocycles. The lowest BCUT2D eigenvalue weighted by atomic mass is 10.0. The van der Waals surface area contributed by atoms with E-state index in [0.29, 0.717) is 12.4 Å². The van der Waals surface area contributed by atoms with Crippen LogP contribution in [0, 0.1) is 5.82 Å². The molecule has 1 fully saturated rings. The van der Waals surface area contributed by atoms with E-state index in [1.54, 1.807) is 12.1 Å². The maximum atomic E-state index is 13.1. The Morgan fingerprint density at radius 1 is 1.45 bits per heavy atom. The largest absolute Gasteiger partial charge is 0.368 e. The number of halogens is 1. The summed E-state index contributed by atoms with van der Waals surface area (Å²) in [6.45, 7) is 2.61. The van der Waals surface area contributed by atoms with Crippen molar-refractivity contribution in [2.45, 2.75) is 32.3 Å². The van der Waals surface area contributed by atoms with Gasteiger partial charge in [-0.25, -0.2) is 4.39 Å². The Hall–Kier alpha value is -2.21. The molecule has 116 valence electrons. The summed E-state index contributed by atoms with van der Waals surface area (Å²) in [5.41, 5.74) is 2.51. The van der Waals surface area contributed by atoms with Crippen molar-refractivity contribution in [3.05, 3.63) is 35.8 Å². The van der Waals surface area contributed by atoms with E-state index in [9.17, 15) is 9.18 Å². The second-order valence-electron chi connectivity index (χ2n) is 5.28. The molecular weight excluding hydrogens is 285 g/mol. The monoisotopic (exact) mass is 303 g/mol. The Balaban J connectivity index is 1.89. The normalized spacial score (nSPS) is 17.6. The summed E-state index contributed by atoms with van der Waals surface area (Å²) in [6, 6.07) is 6.16. The van der Waals surface area contributed by atoms with Crippen molar-refractivity contribution in [2.75, 3.05) is 11.9 Å². The molecule has 5 nitrogen and oxygen atoms in total. The number of amides is 1. The van der Waals surface area contributed by atoms with E-state index in [1.165, 1.54) is 12.1 Å². The average molecular weight is 303 g/mol. The van der Waals surface area contributed by atoms with Crippen molar-refractivity contribution in [1.29, 1.82) is 0 Å². The maximum Gasteiger partial charge on any atom is 0.254 e. The number of aromatic nitrogens is 2. The fourth-order valence-electron chi connectivity index (χ4n) is 2.63. The minimum Gasteiger partial charge on any atom is -0.368 e. The molecule has 2 heterocycles. The Morgan fingerprint density at radius 2 is 2.23 bits per heavy atom. The average Bonchev–Trinajstić information content (AvgIpc) is 3.17. The van der Waals surface area contributed by atoms with E-state index in [2.05, 4.69) is 15.5 Å². The lowest BCUT2D eigenvalue weighted by Crippen LogP contribution is -2.27. The van der Waals surface area contributed by atoms with Crippen LogP contribution in [0.5, 0.6) is 0 Å². The van der Waals surface area contributed by atoms with Crippen LogP contribution in [0.25, 0.3) is 11.1 Å². The van der Waals surface area contributed by atoms with Gasteiger partial charge in [0.2, 0.25) is 0 Å². The van der Waals surface area contributed by atoms with Gasteiger partial charge >= 0.3 is 0 Å². The highest BCUT2D eigenvalue weighted by atomic mass is 19.1. The number of nitrogens with zero attached hydrogens (tertiary/aromatic N) is 1. The molecule has 1 aliphatic heterocycles. The molecule has 6 heteroatoms. The first-order valence-corrected chi connectivity index (χ1v) is 7.44. The molecular formula is C16H18FN3O2. The van der Waals surface area contributed by atoms with Gasteiger partial charge in [0.25, 0.3) is 5.91 Å². The van der Waals surface area contributed by atoms with E-state index in [-0.39, 0.29) is 11.7 Å². The van der Waals surface area contributed by atoms with Crippen molar-refractivity contribution in [1.82, 2.24) is 10.2 Å². The number of carbonyl (C=O) groups excluding carboxylic acids is 1. The van der Waals surface area contributed by atoms with Gasteiger partial charge < -0.3 is 10.1 Å². The summed E-state index contributed by atoms with van der Waals surface area (Å²) in [5, 5.41) is 9.94. The number of aromatic amines is 1. The topological polar surface area (TPSA) is 67.0 Å². The highest BCUT2D eigenvalue weighted by Gasteiger charge is 2.25. The summed E-state index contributed by atoms with van der Waals surface area (Å²) in [5.74, 6) is -0.0193. The summed E-state index contributed by atoms with van der Waals surface area (Å²) in [7, 11) is 0. The molecule has 22 heavy (non-hydrogen) atoms. The fourth-order valence-corrected chi connectivity index (χ4v) is 2.63. The quantitative estimate of drug-likeness (QED) is 0.912. The van der Waals surface area contributed by atoms with Crippen LogP contribution in [-0.4, -0.2) is 28.8 Å². The maximum absolute atomic E-state index is 13.1. The Labute approximate surface area is 127 Å². The molecule has 2 N–H and O–H groups in total. The van der Waals surface area contributed by atoms with Crippen LogP contribution in [0.1, 0.15) is 25.5 Å². The first kappa shape index (κ1) is 14.7. The third-order valence-electron chi connectivity index (χ3n) is 3.79. The fraction of sp³-hybridized carbons (Fsp3) is 0.375. The zero-order chi connectivity index (χ0) is 15.5. The van der Waals surface area contributed by atoms with Crippen LogP contribution in [0.3, 0.4) is 0 Å². The van der Waals surface area contributed by atoms with Crippen molar-refractivity contribution in [3.8, 4) is 11.1 Å². The number of ether oxygens (including phenoxy) is 1. The predicted octanol–water partition coefficient (Wildman–Crippen LogP) is 2.90. The van der Waals surface area contributed by atoms with Gasteiger partial charge in [-0.2, -0.15) is 5.10 Å². The number of nitrogens with one attached hydrogen (secondary N) is 2. The Bertz CT molecular complexity index is 661. The van der Waals surface area contributed by atoms with Crippen molar-refractivity contribution in [3.63, 3.8) is 0 Å². The van der Waals surface area contributed by atoms with Crippen molar-refractivity contribution >= 4 is 11.7 Å². The van der Waals surface area contributed by atoms with Gasteiger partial charge in [-0.15, -0.1) is 0 Å². The van der Waals surface area contributed by atoms with Crippen molar-refractivity contribution in [2.24, 2.45) is 0 Å². The molecule has 1 aromatic carbocycles. The van der Waals surface area contributed by atoms with Gasteiger partial charge in [-0.05, 0) is 37.0 Å². The molecule has 1 atom stereocenters. The molecule has 0 radical (unpaired) electrons. The second-order valence-corrected chi connectivity index (χ2v) is 5.28. The molecule has 1 aliphatic rings. The smallest absolute Gasteiger partial charge is 0.254 e. The van der Waals surface area contributed by atoms with Gasteiger partial charge in [-0.1, -0.05) is 19.1 Å². The molecule has 1 amide bonds. The summed E-state index contributed by atoms with van der Waals surface area (Å²) < 4.78 is 18.5. The first-order valence-electron chi connectivity index (χ1n) is 7.44. The van der Waals surface area contributed by atoms with Gasteiger partial charge in [0, 0.05) is 17.9 Å². The molecule has 1 aromatic heterocycles.